The van der Waals surface area contributed by atoms with Crippen molar-refractivity contribution < 1.29 is 24.5 Å². The molecule has 2 N–H and O–H groups in total. The molecule has 1 atom stereocenters. The molecule has 0 aliphatic carbocycles. The van der Waals surface area contributed by atoms with Gasteiger partial charge in [-0.25, -0.2) is 4.79 Å². The lowest BCUT2D eigenvalue weighted by Crippen LogP contribution is -2.40. The van der Waals surface area contributed by atoms with E-state index < -0.39 is 39.1 Å². The first-order chi connectivity index (χ1) is 9.76. The second-order valence-electron chi connectivity index (χ2n) is 4.02. The minimum absolute atomic E-state index is 0.0953. The van der Waals surface area contributed by atoms with Crippen LogP contribution in [0.3, 0.4) is 0 Å². The number of rotatable bonds is 6. The summed E-state index contributed by atoms with van der Waals surface area (Å²) >= 11 is 0. The number of non-ortho nitro benzene ring substituents is 2. The number of nitrogens with one attached hydrogen (secondary N) is 1. The molecule has 1 unspecified atom stereocenters. The van der Waals surface area contributed by atoms with Crippen LogP contribution in [0.2, 0.25) is 0 Å². The lowest BCUT2D eigenvalue weighted by Gasteiger charge is -2.11. The molecule has 1 amide bonds. The fourth-order valence-corrected chi connectivity index (χ4v) is 1.52. The van der Waals surface area contributed by atoms with Crippen LogP contribution in [0.25, 0.3) is 0 Å². The van der Waals surface area contributed by atoms with Crippen molar-refractivity contribution in [2.75, 3.05) is 0 Å². The molecule has 0 saturated carbocycles. The van der Waals surface area contributed by atoms with Gasteiger partial charge in [-0.3, -0.25) is 25.0 Å². The minimum atomic E-state index is -1.27. The maximum absolute atomic E-state index is 11.8. The molecule has 10 nitrogen and oxygen atoms in total. The molecule has 0 radical (unpaired) electrons. The zero-order chi connectivity index (χ0) is 16.2. The molecule has 1 rings (SSSR count). The van der Waals surface area contributed by atoms with Crippen molar-refractivity contribution >= 4 is 23.3 Å². The van der Waals surface area contributed by atoms with Crippen LogP contribution >= 0.6 is 0 Å². The first kappa shape index (κ1) is 16.0. The van der Waals surface area contributed by atoms with Crippen molar-refractivity contribution in [3.8, 4) is 0 Å². The molecular formula is C11H11N3O7. The van der Waals surface area contributed by atoms with Crippen molar-refractivity contribution in [3.05, 3.63) is 44.0 Å². The average molecular weight is 297 g/mol. The number of carboxylic acid groups (broad SMARTS) is 1. The van der Waals surface area contributed by atoms with E-state index in [9.17, 15) is 29.8 Å². The van der Waals surface area contributed by atoms with Crippen LogP contribution in [0, 0.1) is 20.2 Å². The van der Waals surface area contributed by atoms with E-state index in [-0.39, 0.29) is 12.0 Å². The Balaban J connectivity index is 3.16. The van der Waals surface area contributed by atoms with Crippen LogP contribution in [0.15, 0.2) is 18.2 Å². The van der Waals surface area contributed by atoms with E-state index in [2.05, 4.69) is 5.32 Å². The summed E-state index contributed by atoms with van der Waals surface area (Å²) < 4.78 is 0. The van der Waals surface area contributed by atoms with Crippen LogP contribution in [0.5, 0.6) is 0 Å². The highest BCUT2D eigenvalue weighted by atomic mass is 16.6. The highest BCUT2D eigenvalue weighted by Gasteiger charge is 2.23. The molecule has 0 bridgehead atoms. The van der Waals surface area contributed by atoms with Crippen LogP contribution in [-0.2, 0) is 4.79 Å². The van der Waals surface area contributed by atoms with E-state index in [4.69, 9.17) is 5.11 Å². The second kappa shape index (κ2) is 6.41. The highest BCUT2D eigenvalue weighted by molar-refractivity contribution is 5.97. The Morgan fingerprint density at radius 3 is 2.00 bits per heavy atom. The van der Waals surface area contributed by atoms with Gasteiger partial charge >= 0.3 is 5.97 Å². The van der Waals surface area contributed by atoms with Gasteiger partial charge in [-0.1, -0.05) is 6.92 Å². The monoisotopic (exact) mass is 297 g/mol. The summed E-state index contributed by atoms with van der Waals surface area (Å²) in [5, 5.41) is 32.3. The number of hydrogen-bond donors (Lipinski definition) is 2. The highest BCUT2D eigenvalue weighted by Crippen LogP contribution is 2.22. The fourth-order valence-electron chi connectivity index (χ4n) is 1.52. The molecule has 112 valence electrons. The molecule has 1 aromatic rings. The summed E-state index contributed by atoms with van der Waals surface area (Å²) in [6.45, 7) is 1.52. The Kier molecular flexibility index (Phi) is 4.89. The number of carbonyl (C=O) groups is 2. The molecule has 21 heavy (non-hydrogen) atoms. The van der Waals surface area contributed by atoms with Crippen molar-refractivity contribution in [1.29, 1.82) is 0 Å². The lowest BCUT2D eigenvalue weighted by atomic mass is 10.1. The van der Waals surface area contributed by atoms with Crippen LogP contribution in [0.4, 0.5) is 11.4 Å². The maximum Gasteiger partial charge on any atom is 0.326 e. The zero-order valence-corrected chi connectivity index (χ0v) is 10.8. The Morgan fingerprint density at radius 1 is 1.19 bits per heavy atom. The number of amides is 1. The lowest BCUT2D eigenvalue weighted by molar-refractivity contribution is -0.394. The standard InChI is InChI=1S/C11H11N3O7/c1-2-9(11(16)17)12-10(15)6-3-7(13(18)19)5-8(4-6)14(20)21/h3-5,9H,2H2,1H3,(H,12,15)(H,16,17). The molecule has 0 fully saturated rings. The predicted octanol–water partition coefficient (Wildman–Crippen LogP) is 1.10. The third-order valence-electron chi connectivity index (χ3n) is 2.60. The molecule has 0 aliphatic heterocycles. The summed E-state index contributed by atoms with van der Waals surface area (Å²) in [4.78, 5) is 42.3. The average Bonchev–Trinajstić information content (AvgIpc) is 2.43. The topological polar surface area (TPSA) is 153 Å². The molecular weight excluding hydrogens is 286 g/mol. The van der Waals surface area contributed by atoms with Gasteiger partial charge in [-0.2, -0.15) is 0 Å². The maximum atomic E-state index is 11.8. The van der Waals surface area contributed by atoms with Crippen molar-refractivity contribution in [2.24, 2.45) is 0 Å². The number of aliphatic carboxylic acids is 1. The fraction of sp³-hybridized carbons (Fsp3) is 0.273. The van der Waals surface area contributed by atoms with Gasteiger partial charge in [0, 0.05) is 12.1 Å². The minimum Gasteiger partial charge on any atom is -0.480 e. The molecule has 0 aromatic heterocycles. The van der Waals surface area contributed by atoms with Crippen molar-refractivity contribution in [3.63, 3.8) is 0 Å². The van der Waals surface area contributed by atoms with E-state index in [0.29, 0.717) is 6.07 Å². The Labute approximate surface area is 117 Å². The summed E-state index contributed by atoms with van der Waals surface area (Å²) in [6.07, 6.45) is 0.0953. The van der Waals surface area contributed by atoms with E-state index in [1.807, 2.05) is 0 Å². The third-order valence-corrected chi connectivity index (χ3v) is 2.60. The first-order valence-corrected chi connectivity index (χ1v) is 5.73. The number of carboxylic acids is 1. The van der Waals surface area contributed by atoms with Gasteiger partial charge in [0.15, 0.2) is 0 Å². The van der Waals surface area contributed by atoms with Gasteiger partial charge in [0.1, 0.15) is 6.04 Å². The molecule has 0 saturated heterocycles. The molecule has 0 heterocycles. The van der Waals surface area contributed by atoms with Gasteiger partial charge in [0.2, 0.25) is 0 Å². The van der Waals surface area contributed by atoms with Gasteiger partial charge in [0.25, 0.3) is 17.3 Å². The van der Waals surface area contributed by atoms with Gasteiger partial charge in [0.05, 0.1) is 21.5 Å². The van der Waals surface area contributed by atoms with Crippen molar-refractivity contribution in [2.45, 2.75) is 19.4 Å². The largest absolute Gasteiger partial charge is 0.480 e. The third kappa shape index (κ3) is 3.96. The molecule has 1 aromatic carbocycles. The molecule has 0 aliphatic rings. The normalized spacial score (nSPS) is 11.5. The van der Waals surface area contributed by atoms with E-state index >= 15 is 0 Å². The number of carbonyl (C=O) groups excluding carboxylic acids is 1. The number of benzene rings is 1. The zero-order valence-electron chi connectivity index (χ0n) is 10.8. The smallest absolute Gasteiger partial charge is 0.326 e. The summed E-state index contributed by atoms with van der Waals surface area (Å²) in [5.41, 5.74) is -1.61. The number of nitro benzene ring substituents is 2. The predicted molar refractivity (Wildman–Crippen MR) is 68.9 cm³/mol. The number of hydrogen-bond acceptors (Lipinski definition) is 6. The van der Waals surface area contributed by atoms with E-state index in [1.54, 1.807) is 0 Å². The van der Waals surface area contributed by atoms with Crippen LogP contribution in [-0.4, -0.2) is 32.9 Å². The van der Waals surface area contributed by atoms with Gasteiger partial charge in [-0.15, -0.1) is 0 Å². The van der Waals surface area contributed by atoms with E-state index in [1.165, 1.54) is 6.92 Å². The van der Waals surface area contributed by atoms with Crippen LogP contribution < -0.4 is 5.32 Å². The second-order valence-corrected chi connectivity index (χ2v) is 4.02. The molecule has 10 heteroatoms. The summed E-state index contributed by atoms with van der Waals surface area (Å²) in [6, 6.07) is 1.22. The van der Waals surface area contributed by atoms with E-state index in [0.717, 1.165) is 12.1 Å². The quantitative estimate of drug-likeness (QED) is 0.588. The Hall–Kier alpha value is -3.04. The Morgan fingerprint density at radius 2 is 1.67 bits per heavy atom. The van der Waals surface area contributed by atoms with Crippen molar-refractivity contribution in [1.82, 2.24) is 5.32 Å². The summed E-state index contributed by atoms with van der Waals surface area (Å²) in [5.74, 6) is -2.21. The van der Waals surface area contributed by atoms with Crippen LogP contribution in [0.1, 0.15) is 23.7 Å². The first-order valence-electron chi connectivity index (χ1n) is 5.73. The van der Waals surface area contributed by atoms with Gasteiger partial charge < -0.3 is 10.4 Å². The number of nitrogens with zero attached hydrogens (tertiary/aromatic N) is 2. The molecule has 0 spiro atoms. The number of nitro groups is 2. The summed E-state index contributed by atoms with van der Waals surface area (Å²) in [7, 11) is 0. The van der Waals surface area contributed by atoms with Gasteiger partial charge in [-0.05, 0) is 6.42 Å². The Bertz CT molecular complexity index is 582. The SMILES string of the molecule is CCC(NC(=O)c1cc([N+](=O)[O-])cc([N+](=O)[O-])c1)C(=O)O.